The van der Waals surface area contributed by atoms with Gasteiger partial charge in [-0.2, -0.15) is 0 Å². The number of ether oxygens (including phenoxy) is 1. The van der Waals surface area contributed by atoms with Gasteiger partial charge in [0.2, 0.25) is 5.95 Å². The minimum atomic E-state index is -0.232. The molecule has 1 fully saturated rings. The Morgan fingerprint density at radius 1 is 1.21 bits per heavy atom. The molecule has 1 aliphatic heterocycles. The summed E-state index contributed by atoms with van der Waals surface area (Å²) in [5, 5.41) is 0. The lowest BCUT2D eigenvalue weighted by atomic mass is 9.77. The van der Waals surface area contributed by atoms with Gasteiger partial charge < -0.3 is 14.5 Å². The highest BCUT2D eigenvalue weighted by molar-refractivity contribution is 5.39. The number of nitrogens with zero attached hydrogens (tertiary/aromatic N) is 4. The topological polar surface area (TPSA) is 41.5 Å². The summed E-state index contributed by atoms with van der Waals surface area (Å²) in [7, 11) is 4.00. The van der Waals surface area contributed by atoms with Crippen LogP contribution in [-0.2, 0) is 11.8 Å². The number of benzene rings is 1. The summed E-state index contributed by atoms with van der Waals surface area (Å²) in [4.78, 5) is 14.0. The molecule has 1 spiro atoms. The number of aryl methyl sites for hydroxylation is 1. The number of anilines is 1. The first-order chi connectivity index (χ1) is 13.6. The highest BCUT2D eigenvalue weighted by atomic mass is 19.1. The number of rotatable bonds is 6. The number of halogens is 1. The van der Waals surface area contributed by atoms with Gasteiger partial charge in [0.15, 0.2) is 0 Å². The number of hydrogen-bond donors (Lipinski definition) is 0. The minimum absolute atomic E-state index is 0.180. The number of piperidine rings is 1. The van der Waals surface area contributed by atoms with Crippen molar-refractivity contribution in [1.82, 2.24) is 14.9 Å². The lowest BCUT2D eigenvalue weighted by molar-refractivity contribution is 0.135. The number of aromatic nitrogens is 2. The first-order valence-electron chi connectivity index (χ1n) is 10.2. The first-order valence-corrected chi connectivity index (χ1v) is 10.2. The maximum atomic E-state index is 13.0. The Bertz CT molecular complexity index is 807. The van der Waals surface area contributed by atoms with Gasteiger partial charge in [-0.15, -0.1) is 0 Å². The molecule has 28 heavy (non-hydrogen) atoms. The van der Waals surface area contributed by atoms with E-state index in [0.29, 0.717) is 6.61 Å². The van der Waals surface area contributed by atoms with E-state index in [0.717, 1.165) is 44.2 Å². The predicted octanol–water partition coefficient (Wildman–Crippen LogP) is 3.43. The fourth-order valence-corrected chi connectivity index (χ4v) is 4.57. The molecular formula is C22H29FN4O. The molecule has 0 amide bonds. The van der Waals surface area contributed by atoms with Gasteiger partial charge in [-0.1, -0.05) is 0 Å². The molecule has 1 atom stereocenters. The molecule has 0 N–H and O–H groups in total. The van der Waals surface area contributed by atoms with Gasteiger partial charge in [0, 0.05) is 38.8 Å². The zero-order valence-electron chi connectivity index (χ0n) is 16.8. The van der Waals surface area contributed by atoms with Gasteiger partial charge in [-0.05, 0) is 68.5 Å². The maximum Gasteiger partial charge on any atom is 0.225 e. The van der Waals surface area contributed by atoms with Crippen molar-refractivity contribution >= 4 is 5.95 Å². The summed E-state index contributed by atoms with van der Waals surface area (Å²) >= 11 is 0. The number of hydrogen-bond acceptors (Lipinski definition) is 5. The lowest BCUT2D eigenvalue weighted by Crippen LogP contribution is -2.46. The minimum Gasteiger partial charge on any atom is -0.494 e. The van der Waals surface area contributed by atoms with Gasteiger partial charge >= 0.3 is 0 Å². The molecular weight excluding hydrogens is 355 g/mol. The third kappa shape index (κ3) is 3.97. The molecule has 2 aliphatic rings. The van der Waals surface area contributed by atoms with Crippen LogP contribution in [0.2, 0.25) is 0 Å². The highest BCUT2D eigenvalue weighted by Gasteiger charge is 2.43. The van der Waals surface area contributed by atoms with E-state index < -0.39 is 0 Å². The summed E-state index contributed by atoms with van der Waals surface area (Å²) in [6, 6.07) is 6.24. The van der Waals surface area contributed by atoms with Gasteiger partial charge in [0.1, 0.15) is 11.6 Å². The van der Waals surface area contributed by atoms with E-state index in [1.165, 1.54) is 42.7 Å². The van der Waals surface area contributed by atoms with Crippen LogP contribution in [0.15, 0.2) is 30.5 Å². The molecule has 2 aromatic rings. The van der Waals surface area contributed by atoms with E-state index in [4.69, 9.17) is 9.72 Å². The Labute approximate surface area is 166 Å². The molecule has 6 heteroatoms. The molecule has 1 aromatic carbocycles. The van der Waals surface area contributed by atoms with Crippen molar-refractivity contribution in [2.45, 2.75) is 37.5 Å². The van der Waals surface area contributed by atoms with Crippen molar-refractivity contribution in [3.8, 4) is 5.75 Å². The second-order valence-corrected chi connectivity index (χ2v) is 8.25. The van der Waals surface area contributed by atoms with Crippen molar-refractivity contribution < 1.29 is 9.13 Å². The van der Waals surface area contributed by atoms with E-state index in [1.54, 1.807) is 12.1 Å². The summed E-state index contributed by atoms with van der Waals surface area (Å²) in [6.07, 6.45) is 7.68. The Morgan fingerprint density at radius 2 is 2.04 bits per heavy atom. The van der Waals surface area contributed by atoms with Crippen molar-refractivity contribution in [3.63, 3.8) is 0 Å². The quantitative estimate of drug-likeness (QED) is 0.714. The van der Waals surface area contributed by atoms with Crippen LogP contribution in [0.25, 0.3) is 0 Å². The standard InChI is InChI=1S/C22H29FN4O/c1-26(2)21-24-15-17-9-11-22(20(17)25-21)10-3-12-27(16-22)13-4-14-28-19-7-5-18(23)6-8-19/h5-8,15H,3-4,9-14,16H2,1-2H3. The molecule has 5 nitrogen and oxygen atoms in total. The number of likely N-dealkylation sites (tertiary alicyclic amines) is 1. The number of fused-ring (bicyclic) bond motifs is 2. The molecule has 1 aromatic heterocycles. The Morgan fingerprint density at radius 3 is 2.82 bits per heavy atom. The molecule has 0 bridgehead atoms. The van der Waals surface area contributed by atoms with E-state index in [9.17, 15) is 4.39 Å². The van der Waals surface area contributed by atoms with Crippen LogP contribution in [0.1, 0.15) is 36.9 Å². The van der Waals surface area contributed by atoms with E-state index >= 15 is 0 Å². The van der Waals surface area contributed by atoms with Gasteiger partial charge in [-0.25, -0.2) is 14.4 Å². The summed E-state index contributed by atoms with van der Waals surface area (Å²) in [5.41, 5.74) is 2.78. The first kappa shape index (κ1) is 19.1. The van der Waals surface area contributed by atoms with Crippen molar-refractivity contribution in [1.29, 1.82) is 0 Å². The SMILES string of the molecule is CN(C)c1ncc2c(n1)C1(CCCN(CCCOc3ccc(F)cc3)C1)CC2. The molecule has 1 aliphatic carbocycles. The predicted molar refractivity (Wildman–Crippen MR) is 109 cm³/mol. The third-order valence-corrected chi connectivity index (χ3v) is 5.98. The molecule has 1 unspecified atom stereocenters. The second kappa shape index (κ2) is 8.03. The molecule has 150 valence electrons. The van der Waals surface area contributed by atoms with E-state index in [2.05, 4.69) is 9.88 Å². The molecule has 4 rings (SSSR count). The van der Waals surface area contributed by atoms with Crippen molar-refractivity contribution in [2.75, 3.05) is 45.2 Å². The Balaban J connectivity index is 1.35. The molecule has 0 saturated carbocycles. The van der Waals surface area contributed by atoms with Crippen LogP contribution < -0.4 is 9.64 Å². The van der Waals surface area contributed by atoms with Crippen molar-refractivity contribution in [3.05, 3.63) is 47.5 Å². The second-order valence-electron chi connectivity index (χ2n) is 8.25. The molecule has 0 radical (unpaired) electrons. The van der Waals surface area contributed by atoms with Crippen LogP contribution in [0.4, 0.5) is 10.3 Å². The van der Waals surface area contributed by atoms with Crippen LogP contribution >= 0.6 is 0 Å². The zero-order valence-corrected chi connectivity index (χ0v) is 16.8. The van der Waals surface area contributed by atoms with Gasteiger partial charge in [0.05, 0.1) is 12.3 Å². The zero-order chi connectivity index (χ0) is 19.6. The monoisotopic (exact) mass is 384 g/mol. The highest BCUT2D eigenvalue weighted by Crippen LogP contribution is 2.44. The molecule has 2 heterocycles. The fraction of sp³-hybridized carbons (Fsp3) is 0.545. The lowest BCUT2D eigenvalue weighted by Gasteiger charge is -2.40. The summed E-state index contributed by atoms with van der Waals surface area (Å²) in [5.74, 6) is 1.31. The van der Waals surface area contributed by atoms with E-state index in [1.807, 2.05) is 25.2 Å². The van der Waals surface area contributed by atoms with E-state index in [-0.39, 0.29) is 11.2 Å². The Hall–Kier alpha value is -2.21. The Kier molecular flexibility index (Phi) is 5.49. The average molecular weight is 384 g/mol. The van der Waals surface area contributed by atoms with Crippen molar-refractivity contribution in [2.24, 2.45) is 0 Å². The summed E-state index contributed by atoms with van der Waals surface area (Å²) < 4.78 is 18.7. The normalized spacial score (nSPS) is 21.7. The van der Waals surface area contributed by atoms with Crippen LogP contribution in [0, 0.1) is 5.82 Å². The van der Waals surface area contributed by atoms with Crippen LogP contribution in [-0.4, -0.2) is 55.2 Å². The summed E-state index contributed by atoms with van der Waals surface area (Å²) in [6.45, 7) is 3.88. The largest absolute Gasteiger partial charge is 0.494 e. The van der Waals surface area contributed by atoms with Crippen LogP contribution in [0.3, 0.4) is 0 Å². The van der Waals surface area contributed by atoms with Gasteiger partial charge in [0.25, 0.3) is 0 Å². The smallest absolute Gasteiger partial charge is 0.225 e. The average Bonchev–Trinajstić information content (AvgIpc) is 3.04. The fourth-order valence-electron chi connectivity index (χ4n) is 4.57. The third-order valence-electron chi connectivity index (χ3n) is 5.98. The van der Waals surface area contributed by atoms with Crippen LogP contribution in [0.5, 0.6) is 5.75 Å². The maximum absolute atomic E-state index is 13.0. The molecule has 1 saturated heterocycles. The van der Waals surface area contributed by atoms with Gasteiger partial charge in [-0.3, -0.25) is 0 Å².